The summed E-state index contributed by atoms with van der Waals surface area (Å²) in [5, 5.41) is 2.46. The first-order chi connectivity index (χ1) is 12.6. The predicted octanol–water partition coefficient (Wildman–Crippen LogP) is 2.18. The van der Waals surface area contributed by atoms with Gasteiger partial charge in [-0.25, -0.2) is 9.37 Å². The summed E-state index contributed by atoms with van der Waals surface area (Å²) in [6.45, 7) is 5.16. The molecule has 0 aliphatic rings. The normalized spacial score (nSPS) is 11.1. The van der Waals surface area contributed by atoms with Gasteiger partial charge >= 0.3 is 5.97 Å². The number of carbonyl (C=O) groups excluding carboxylic acids is 2. The Kier molecular flexibility index (Phi) is 6.21. The fourth-order valence-electron chi connectivity index (χ4n) is 2.01. The zero-order chi connectivity index (χ0) is 20.2. The molecule has 0 bridgehead atoms. The topological polar surface area (TPSA) is 127 Å². The molecule has 27 heavy (non-hydrogen) atoms. The van der Waals surface area contributed by atoms with Crippen molar-refractivity contribution in [2.24, 2.45) is 0 Å². The third-order valence-electron chi connectivity index (χ3n) is 3.39. The first-order valence-electron chi connectivity index (χ1n) is 7.97. The average Bonchev–Trinajstić information content (AvgIpc) is 2.58. The molecule has 10 heteroatoms. The largest absolute Gasteiger partial charge is 0.465 e. The summed E-state index contributed by atoms with van der Waals surface area (Å²) in [4.78, 5) is 42.9. The van der Waals surface area contributed by atoms with E-state index in [-0.39, 0.29) is 28.8 Å². The van der Waals surface area contributed by atoms with Crippen LogP contribution in [0.3, 0.4) is 0 Å². The first-order valence-corrected chi connectivity index (χ1v) is 8.78. The lowest BCUT2D eigenvalue weighted by molar-refractivity contribution is -0.145. The highest BCUT2D eigenvalue weighted by molar-refractivity contribution is 8.01. The van der Waals surface area contributed by atoms with Gasteiger partial charge in [0.2, 0.25) is 0 Å². The molecule has 0 aliphatic heterocycles. The highest BCUT2D eigenvalue weighted by atomic mass is 32.2. The maximum absolute atomic E-state index is 12.9. The molecule has 0 saturated heterocycles. The summed E-state index contributed by atoms with van der Waals surface area (Å²) in [6.07, 6.45) is 0. The summed E-state index contributed by atoms with van der Waals surface area (Å²) < 4.78 is 16.9. The molecule has 1 aromatic heterocycles. The molecule has 1 aromatic carbocycles. The SMILES string of the molecule is CCOC(=O)C(C)(C)Sc1nc(N)c(NC(=O)c2ccc(F)cc2)c(=O)[nH]1. The Bertz CT molecular complexity index is 912. The number of aromatic amines is 1. The number of nitrogens with two attached hydrogens (primary N) is 1. The van der Waals surface area contributed by atoms with Crippen LogP contribution in [0, 0.1) is 5.82 Å². The number of nitrogen functional groups attached to an aromatic ring is 1. The molecule has 2 aromatic rings. The number of hydrogen-bond acceptors (Lipinski definition) is 7. The number of esters is 1. The number of rotatable bonds is 6. The van der Waals surface area contributed by atoms with Gasteiger partial charge in [0.15, 0.2) is 11.0 Å². The van der Waals surface area contributed by atoms with Crippen molar-refractivity contribution in [1.29, 1.82) is 0 Å². The second-order valence-corrected chi connectivity index (χ2v) is 7.54. The highest BCUT2D eigenvalue weighted by Gasteiger charge is 2.32. The first kappa shape index (κ1) is 20.4. The minimum Gasteiger partial charge on any atom is -0.465 e. The van der Waals surface area contributed by atoms with E-state index in [2.05, 4.69) is 15.3 Å². The van der Waals surface area contributed by atoms with E-state index in [1.54, 1.807) is 20.8 Å². The molecule has 0 aliphatic carbocycles. The number of nitrogens with one attached hydrogen (secondary N) is 2. The van der Waals surface area contributed by atoms with Gasteiger partial charge in [-0.15, -0.1) is 0 Å². The van der Waals surface area contributed by atoms with Gasteiger partial charge in [0.1, 0.15) is 16.3 Å². The fraction of sp³-hybridized carbons (Fsp3) is 0.294. The van der Waals surface area contributed by atoms with Crippen LogP contribution in [0.15, 0.2) is 34.2 Å². The van der Waals surface area contributed by atoms with Crippen LogP contribution in [-0.4, -0.2) is 33.2 Å². The Morgan fingerprint density at radius 3 is 2.52 bits per heavy atom. The van der Waals surface area contributed by atoms with E-state index in [1.807, 2.05) is 0 Å². The number of halogens is 1. The molecule has 0 saturated carbocycles. The minimum atomic E-state index is -1.00. The van der Waals surface area contributed by atoms with Gasteiger partial charge in [-0.3, -0.25) is 19.4 Å². The summed E-state index contributed by atoms with van der Waals surface area (Å²) in [6, 6.07) is 4.79. The van der Waals surface area contributed by atoms with Crippen molar-refractivity contribution in [1.82, 2.24) is 9.97 Å². The van der Waals surface area contributed by atoms with Crippen LogP contribution < -0.4 is 16.6 Å². The number of amides is 1. The van der Waals surface area contributed by atoms with Gasteiger partial charge in [0.05, 0.1) is 6.61 Å². The van der Waals surface area contributed by atoms with E-state index < -0.39 is 28.0 Å². The number of anilines is 2. The summed E-state index contributed by atoms with van der Waals surface area (Å²) in [7, 11) is 0. The van der Waals surface area contributed by atoms with Crippen molar-refractivity contribution in [3.05, 3.63) is 46.0 Å². The summed E-state index contributed by atoms with van der Waals surface area (Å²) >= 11 is 0.972. The number of carbonyl (C=O) groups is 2. The van der Waals surface area contributed by atoms with Crippen LogP contribution in [0.1, 0.15) is 31.1 Å². The molecular weight excluding hydrogens is 375 g/mol. The molecule has 0 spiro atoms. The molecule has 1 amide bonds. The van der Waals surface area contributed by atoms with E-state index in [4.69, 9.17) is 10.5 Å². The van der Waals surface area contributed by atoms with Crippen LogP contribution in [0.4, 0.5) is 15.9 Å². The van der Waals surface area contributed by atoms with Crippen LogP contribution in [0.2, 0.25) is 0 Å². The van der Waals surface area contributed by atoms with E-state index in [0.29, 0.717) is 0 Å². The predicted molar refractivity (Wildman–Crippen MR) is 100 cm³/mol. The average molecular weight is 394 g/mol. The van der Waals surface area contributed by atoms with Crippen molar-refractivity contribution in [2.45, 2.75) is 30.7 Å². The maximum atomic E-state index is 12.9. The molecule has 0 fully saturated rings. The molecule has 144 valence electrons. The number of benzene rings is 1. The molecule has 2 rings (SSSR count). The van der Waals surface area contributed by atoms with Crippen LogP contribution in [-0.2, 0) is 9.53 Å². The number of thioether (sulfide) groups is 1. The molecule has 4 N–H and O–H groups in total. The second kappa shape index (κ2) is 8.21. The monoisotopic (exact) mass is 394 g/mol. The standard InChI is InChI=1S/C17H19FN4O4S/c1-4-26-15(25)17(2,3)27-16-21-12(19)11(14(24)22-16)20-13(23)9-5-7-10(18)8-6-9/h5-8H,4H2,1-3H3,(H,20,23)(H3,19,21,22,24). The third kappa shape index (κ3) is 5.07. The van der Waals surface area contributed by atoms with Gasteiger partial charge in [-0.05, 0) is 45.0 Å². The zero-order valence-corrected chi connectivity index (χ0v) is 15.8. The minimum absolute atomic E-state index is 0.107. The van der Waals surface area contributed by atoms with Crippen molar-refractivity contribution in [3.8, 4) is 0 Å². The zero-order valence-electron chi connectivity index (χ0n) is 15.0. The molecule has 1 heterocycles. The van der Waals surface area contributed by atoms with Crippen molar-refractivity contribution >= 4 is 35.1 Å². The lowest BCUT2D eigenvalue weighted by Crippen LogP contribution is -2.31. The van der Waals surface area contributed by atoms with E-state index in [1.165, 1.54) is 12.1 Å². The van der Waals surface area contributed by atoms with Crippen molar-refractivity contribution in [3.63, 3.8) is 0 Å². The van der Waals surface area contributed by atoms with Crippen LogP contribution in [0.25, 0.3) is 0 Å². The Morgan fingerprint density at radius 2 is 1.96 bits per heavy atom. The van der Waals surface area contributed by atoms with Crippen molar-refractivity contribution in [2.75, 3.05) is 17.7 Å². The summed E-state index contributed by atoms with van der Waals surface area (Å²) in [5.41, 5.74) is 5.03. The Balaban J connectivity index is 2.21. The van der Waals surface area contributed by atoms with Gasteiger partial charge in [-0.2, -0.15) is 0 Å². The number of nitrogens with zero attached hydrogens (tertiary/aromatic N) is 1. The third-order valence-corrected chi connectivity index (χ3v) is 4.45. The van der Waals surface area contributed by atoms with Gasteiger partial charge in [0, 0.05) is 5.56 Å². The van der Waals surface area contributed by atoms with Crippen LogP contribution in [0.5, 0.6) is 0 Å². The van der Waals surface area contributed by atoms with Crippen LogP contribution >= 0.6 is 11.8 Å². The van der Waals surface area contributed by atoms with E-state index >= 15 is 0 Å². The smallest absolute Gasteiger partial charge is 0.322 e. The molecule has 8 nitrogen and oxygen atoms in total. The Morgan fingerprint density at radius 1 is 1.33 bits per heavy atom. The number of ether oxygens (including phenoxy) is 1. The second-order valence-electron chi connectivity index (χ2n) is 5.93. The molecule has 0 radical (unpaired) electrons. The number of aromatic nitrogens is 2. The number of hydrogen-bond donors (Lipinski definition) is 3. The molecular formula is C17H19FN4O4S. The van der Waals surface area contributed by atoms with Gasteiger partial charge in [-0.1, -0.05) is 11.8 Å². The van der Waals surface area contributed by atoms with Crippen molar-refractivity contribution < 1.29 is 18.7 Å². The maximum Gasteiger partial charge on any atom is 0.322 e. The number of H-pyrrole nitrogens is 1. The highest BCUT2D eigenvalue weighted by Crippen LogP contribution is 2.31. The van der Waals surface area contributed by atoms with Gasteiger partial charge in [0.25, 0.3) is 11.5 Å². The van der Waals surface area contributed by atoms with Gasteiger partial charge < -0.3 is 15.8 Å². The molecule has 0 unspecified atom stereocenters. The lowest BCUT2D eigenvalue weighted by Gasteiger charge is -2.20. The summed E-state index contributed by atoms with van der Waals surface area (Å²) in [5.74, 6) is -1.81. The molecule has 0 atom stereocenters. The quantitative estimate of drug-likeness (QED) is 0.389. The Hall–Kier alpha value is -2.88. The lowest BCUT2D eigenvalue weighted by atomic mass is 10.2. The fourth-order valence-corrected chi connectivity index (χ4v) is 2.93. The van der Waals surface area contributed by atoms with E-state index in [0.717, 1.165) is 23.9 Å². The van der Waals surface area contributed by atoms with E-state index in [9.17, 15) is 18.8 Å². The Labute approximate surface area is 158 Å².